The molecule has 0 fully saturated rings. The first-order valence-electron chi connectivity index (χ1n) is 14.5. The van der Waals surface area contributed by atoms with Crippen molar-refractivity contribution < 1.29 is 0 Å². The monoisotopic (exact) mass is 528 g/mol. The van der Waals surface area contributed by atoms with Gasteiger partial charge in [-0.15, -0.1) is 6.58 Å². The summed E-state index contributed by atoms with van der Waals surface area (Å²) in [5, 5.41) is 0. The van der Waals surface area contributed by atoms with E-state index < -0.39 is 0 Å². The van der Waals surface area contributed by atoms with E-state index in [1.165, 1.54) is 44.6 Å². The van der Waals surface area contributed by atoms with Crippen molar-refractivity contribution >= 4 is 23.0 Å². The summed E-state index contributed by atoms with van der Waals surface area (Å²) in [6.07, 6.45) is 7.80. The largest absolute Gasteiger partial charge is 0.301 e. The Kier molecular flexibility index (Phi) is 6.14. The van der Waals surface area contributed by atoms with Crippen LogP contribution in [0.3, 0.4) is 0 Å². The second-order valence-corrected chi connectivity index (χ2v) is 12.0. The summed E-state index contributed by atoms with van der Waals surface area (Å²) < 4.78 is 0. The number of hydrogen-bond donors (Lipinski definition) is 0. The van der Waals surface area contributed by atoms with Crippen molar-refractivity contribution in [1.29, 1.82) is 0 Å². The van der Waals surface area contributed by atoms with Gasteiger partial charge in [-0.25, -0.2) is 9.97 Å². The third-order valence-electron chi connectivity index (χ3n) is 9.83. The number of rotatable bonds is 5. The van der Waals surface area contributed by atoms with Crippen LogP contribution in [0.5, 0.6) is 0 Å². The summed E-state index contributed by atoms with van der Waals surface area (Å²) in [7, 11) is 0. The van der Waals surface area contributed by atoms with E-state index in [-0.39, 0.29) is 17.0 Å². The van der Waals surface area contributed by atoms with Crippen LogP contribution in [0.15, 0.2) is 79.6 Å². The summed E-state index contributed by atoms with van der Waals surface area (Å²) in [5.41, 5.74) is 10.9. The number of benzene rings is 3. The Hall–Kier alpha value is -3.92. The van der Waals surface area contributed by atoms with E-state index in [0.717, 1.165) is 30.2 Å². The molecule has 4 nitrogen and oxygen atoms in total. The summed E-state index contributed by atoms with van der Waals surface area (Å²) in [4.78, 5) is 14.8. The maximum absolute atomic E-state index is 4.97. The molecular weight excluding hydrogens is 488 g/mol. The number of anilines is 4. The number of aromatic nitrogens is 2. The lowest BCUT2D eigenvalue weighted by Crippen LogP contribution is -2.62. The van der Waals surface area contributed by atoms with Crippen molar-refractivity contribution in [3.63, 3.8) is 0 Å². The SMILES string of the molecule is C=CC1(CC)c2cc(-c3c(C)cccc3C)ccc2N2c3nccnc3N(c3cc(C)cc(C)c3)C2C1(C)CC. The fraction of sp³-hybridized carbons (Fsp3) is 0.333. The minimum Gasteiger partial charge on any atom is -0.301 e. The quantitative estimate of drug-likeness (QED) is 0.242. The van der Waals surface area contributed by atoms with Crippen LogP contribution >= 0.6 is 0 Å². The highest BCUT2D eigenvalue weighted by molar-refractivity contribution is 5.88. The van der Waals surface area contributed by atoms with Gasteiger partial charge in [-0.05, 0) is 104 Å². The van der Waals surface area contributed by atoms with Crippen LogP contribution in [0, 0.1) is 33.1 Å². The van der Waals surface area contributed by atoms with Gasteiger partial charge in [-0.3, -0.25) is 0 Å². The molecule has 0 saturated heterocycles. The summed E-state index contributed by atoms with van der Waals surface area (Å²) in [6.45, 7) is 20.4. The third kappa shape index (κ3) is 3.44. The number of hydrogen-bond acceptors (Lipinski definition) is 4. The zero-order chi connectivity index (χ0) is 28.4. The minimum absolute atomic E-state index is 0.00685. The maximum Gasteiger partial charge on any atom is 0.178 e. The molecule has 0 bridgehead atoms. The van der Waals surface area contributed by atoms with Gasteiger partial charge in [-0.2, -0.15) is 0 Å². The summed E-state index contributed by atoms with van der Waals surface area (Å²) in [6, 6.07) is 20.4. The Bertz CT molecular complexity index is 1600. The number of allylic oxidation sites excluding steroid dienone is 1. The minimum atomic E-state index is -0.260. The standard InChI is InChI=1S/C36H40N4/c1-9-35(8)34-39(28-20-23(4)19-24(5)21-28)32-33(38-18-17-37-32)40(34)30-16-15-27(22-29(30)36(35,10-2)11-3)31-25(6)13-12-14-26(31)7/h10,12-22,34H,2,9,11H2,1,3-8H3. The van der Waals surface area contributed by atoms with E-state index in [1.54, 1.807) is 0 Å². The zero-order valence-corrected chi connectivity index (χ0v) is 24.9. The molecule has 3 atom stereocenters. The molecule has 3 heterocycles. The predicted octanol–water partition coefficient (Wildman–Crippen LogP) is 9.26. The Morgan fingerprint density at radius 1 is 0.825 bits per heavy atom. The summed E-state index contributed by atoms with van der Waals surface area (Å²) in [5.74, 6) is 1.83. The normalized spacial score (nSPS) is 23.0. The van der Waals surface area contributed by atoms with Crippen LogP contribution < -0.4 is 9.80 Å². The van der Waals surface area contributed by atoms with Crippen LogP contribution in [-0.2, 0) is 5.41 Å². The van der Waals surface area contributed by atoms with Gasteiger partial charge >= 0.3 is 0 Å². The molecule has 3 unspecified atom stereocenters. The fourth-order valence-corrected chi connectivity index (χ4v) is 7.83. The molecule has 6 rings (SSSR count). The van der Waals surface area contributed by atoms with Gasteiger partial charge in [0.15, 0.2) is 11.6 Å². The Balaban J connectivity index is 1.69. The van der Waals surface area contributed by atoms with E-state index in [0.29, 0.717) is 0 Å². The van der Waals surface area contributed by atoms with E-state index in [2.05, 4.69) is 126 Å². The highest BCUT2D eigenvalue weighted by Gasteiger charge is 2.62. The second-order valence-electron chi connectivity index (χ2n) is 12.0. The van der Waals surface area contributed by atoms with E-state index in [4.69, 9.17) is 9.97 Å². The molecule has 0 amide bonds. The lowest BCUT2D eigenvalue weighted by atomic mass is 9.54. The van der Waals surface area contributed by atoms with Crippen molar-refractivity contribution in [3.8, 4) is 11.1 Å². The van der Waals surface area contributed by atoms with Crippen molar-refractivity contribution in [1.82, 2.24) is 9.97 Å². The molecule has 0 aliphatic carbocycles. The molecule has 0 saturated carbocycles. The van der Waals surface area contributed by atoms with Crippen molar-refractivity contribution in [2.75, 3.05) is 9.80 Å². The number of nitrogens with zero attached hydrogens (tertiary/aromatic N) is 4. The van der Waals surface area contributed by atoms with Gasteiger partial charge in [0.05, 0.1) is 0 Å². The van der Waals surface area contributed by atoms with Crippen molar-refractivity contribution in [3.05, 3.63) is 107 Å². The molecule has 4 aromatic rings. The van der Waals surface area contributed by atoms with E-state index in [1.807, 2.05) is 12.4 Å². The number of fused-ring (bicyclic) bond motifs is 5. The molecule has 3 aromatic carbocycles. The molecule has 1 aromatic heterocycles. The highest BCUT2D eigenvalue weighted by atomic mass is 15.5. The second kappa shape index (κ2) is 9.33. The molecule has 2 aliphatic rings. The average molecular weight is 529 g/mol. The molecule has 0 radical (unpaired) electrons. The smallest absolute Gasteiger partial charge is 0.178 e. The molecule has 40 heavy (non-hydrogen) atoms. The fourth-order valence-electron chi connectivity index (χ4n) is 7.83. The average Bonchev–Trinajstić information content (AvgIpc) is 3.29. The first kappa shape index (κ1) is 26.3. The van der Waals surface area contributed by atoms with Crippen LogP contribution in [0.1, 0.15) is 61.4 Å². The van der Waals surface area contributed by atoms with Gasteiger partial charge in [-0.1, -0.05) is 57.2 Å². The van der Waals surface area contributed by atoms with E-state index in [9.17, 15) is 0 Å². The first-order valence-corrected chi connectivity index (χ1v) is 14.5. The van der Waals surface area contributed by atoms with Crippen LogP contribution in [0.2, 0.25) is 0 Å². The maximum atomic E-state index is 4.97. The highest BCUT2D eigenvalue weighted by Crippen LogP contribution is 2.64. The first-order chi connectivity index (χ1) is 19.2. The Labute approximate surface area is 239 Å². The van der Waals surface area contributed by atoms with Crippen LogP contribution in [-0.4, -0.2) is 16.1 Å². The van der Waals surface area contributed by atoms with Crippen LogP contribution in [0.4, 0.5) is 23.0 Å². The van der Waals surface area contributed by atoms with Crippen molar-refractivity contribution in [2.45, 2.75) is 72.9 Å². The van der Waals surface area contributed by atoms with E-state index >= 15 is 0 Å². The lowest BCUT2D eigenvalue weighted by Gasteiger charge is -2.59. The molecule has 4 heteroatoms. The van der Waals surface area contributed by atoms with Crippen molar-refractivity contribution in [2.24, 2.45) is 5.41 Å². The molecular formula is C36H40N4. The van der Waals surface area contributed by atoms with Gasteiger partial charge in [0, 0.05) is 34.6 Å². The predicted molar refractivity (Wildman–Crippen MR) is 168 cm³/mol. The molecule has 0 spiro atoms. The lowest BCUT2D eigenvalue weighted by molar-refractivity contribution is 0.120. The third-order valence-corrected chi connectivity index (χ3v) is 9.83. The van der Waals surface area contributed by atoms with Gasteiger partial charge < -0.3 is 9.80 Å². The molecule has 0 N–H and O–H groups in total. The number of aryl methyl sites for hydroxylation is 4. The van der Waals surface area contributed by atoms with Gasteiger partial charge in [0.25, 0.3) is 0 Å². The van der Waals surface area contributed by atoms with Gasteiger partial charge in [0.2, 0.25) is 0 Å². The van der Waals surface area contributed by atoms with Crippen LogP contribution in [0.25, 0.3) is 11.1 Å². The zero-order valence-electron chi connectivity index (χ0n) is 24.9. The Morgan fingerprint density at radius 3 is 2.02 bits per heavy atom. The summed E-state index contributed by atoms with van der Waals surface area (Å²) >= 11 is 0. The molecule has 204 valence electrons. The van der Waals surface area contributed by atoms with Gasteiger partial charge in [0.1, 0.15) is 6.17 Å². The topological polar surface area (TPSA) is 32.3 Å². The Morgan fingerprint density at radius 2 is 1.45 bits per heavy atom. The molecule has 2 aliphatic heterocycles.